The summed E-state index contributed by atoms with van der Waals surface area (Å²) in [5.41, 5.74) is 2.53. The first-order valence-corrected chi connectivity index (χ1v) is 9.40. The number of piperidine rings is 1. The summed E-state index contributed by atoms with van der Waals surface area (Å²) in [7, 11) is 0. The summed E-state index contributed by atoms with van der Waals surface area (Å²) in [5.74, 6) is -0.372. The van der Waals surface area contributed by atoms with Crippen molar-refractivity contribution in [1.29, 1.82) is 0 Å². The van der Waals surface area contributed by atoms with Crippen LogP contribution in [0.3, 0.4) is 0 Å². The molecule has 1 fully saturated rings. The van der Waals surface area contributed by atoms with E-state index >= 15 is 0 Å². The highest BCUT2D eigenvalue weighted by atomic mass is 19.1. The molecule has 4 nitrogen and oxygen atoms in total. The van der Waals surface area contributed by atoms with Crippen molar-refractivity contribution < 1.29 is 14.3 Å². The molecule has 1 amide bonds. The quantitative estimate of drug-likeness (QED) is 0.849. The van der Waals surface area contributed by atoms with Crippen LogP contribution in [0.2, 0.25) is 0 Å². The van der Waals surface area contributed by atoms with Crippen molar-refractivity contribution in [3.8, 4) is 0 Å². The molecule has 0 aromatic heterocycles. The third kappa shape index (κ3) is 4.73. The number of amides is 1. The summed E-state index contributed by atoms with van der Waals surface area (Å²) in [5, 5.41) is 13.6. The monoisotopic (exact) mass is 370 g/mol. The number of benzene rings is 2. The summed E-state index contributed by atoms with van der Waals surface area (Å²) < 4.78 is 13.3. The molecule has 1 atom stereocenters. The number of hydrogen-bond donors (Lipinski definition) is 2. The summed E-state index contributed by atoms with van der Waals surface area (Å²) in [4.78, 5) is 14.0. The molecular formula is C22H27FN2O2. The standard InChI is InChI=1S/C22H27FN2O2/c1-16-3-5-18(6-4-16)21(27)15-25-13-11-22(12-14-25,24-17(2)26)19-7-9-20(23)10-8-19/h3-10,21,27H,11-15H2,1-2H3,(H,24,26). The van der Waals surface area contributed by atoms with Gasteiger partial charge in [-0.05, 0) is 43.0 Å². The Bertz CT molecular complexity index is 766. The molecule has 1 unspecified atom stereocenters. The van der Waals surface area contributed by atoms with Crippen LogP contribution < -0.4 is 5.32 Å². The van der Waals surface area contributed by atoms with Crippen molar-refractivity contribution in [2.45, 2.75) is 38.3 Å². The van der Waals surface area contributed by atoms with E-state index in [9.17, 15) is 14.3 Å². The van der Waals surface area contributed by atoms with Gasteiger partial charge in [0.05, 0.1) is 11.6 Å². The number of β-amino-alcohol motifs (C(OH)–C–C–N with tert-alkyl or cyclic N) is 1. The molecule has 0 saturated carbocycles. The highest BCUT2D eigenvalue weighted by Gasteiger charge is 2.37. The predicted molar refractivity (Wildman–Crippen MR) is 104 cm³/mol. The van der Waals surface area contributed by atoms with E-state index in [4.69, 9.17) is 0 Å². The molecule has 1 aliphatic heterocycles. The van der Waals surface area contributed by atoms with Crippen molar-refractivity contribution in [1.82, 2.24) is 10.2 Å². The number of nitrogens with one attached hydrogen (secondary N) is 1. The van der Waals surface area contributed by atoms with Gasteiger partial charge < -0.3 is 15.3 Å². The third-order valence-electron chi connectivity index (χ3n) is 5.41. The molecule has 144 valence electrons. The van der Waals surface area contributed by atoms with Crippen molar-refractivity contribution >= 4 is 5.91 Å². The van der Waals surface area contributed by atoms with Crippen molar-refractivity contribution in [3.63, 3.8) is 0 Å². The number of aliphatic hydroxyl groups is 1. The minimum atomic E-state index is -0.537. The third-order valence-corrected chi connectivity index (χ3v) is 5.41. The molecule has 2 N–H and O–H groups in total. The van der Waals surface area contributed by atoms with Crippen LogP contribution in [-0.2, 0) is 10.3 Å². The number of halogens is 1. The van der Waals surface area contributed by atoms with Gasteiger partial charge in [0, 0.05) is 26.6 Å². The lowest BCUT2D eigenvalue weighted by Crippen LogP contribution is -2.53. The van der Waals surface area contributed by atoms with Gasteiger partial charge in [-0.1, -0.05) is 42.0 Å². The van der Waals surface area contributed by atoms with Gasteiger partial charge in [-0.2, -0.15) is 0 Å². The maximum Gasteiger partial charge on any atom is 0.217 e. The summed E-state index contributed by atoms with van der Waals surface area (Å²) in [6, 6.07) is 14.3. The second-order valence-electron chi connectivity index (χ2n) is 7.50. The summed E-state index contributed by atoms with van der Waals surface area (Å²) in [6.45, 7) is 5.60. The second-order valence-corrected chi connectivity index (χ2v) is 7.50. The molecule has 1 aliphatic rings. The lowest BCUT2D eigenvalue weighted by atomic mass is 9.80. The number of carbonyl (C=O) groups is 1. The molecular weight excluding hydrogens is 343 g/mol. The molecule has 5 heteroatoms. The van der Waals surface area contributed by atoms with Gasteiger partial charge in [0.25, 0.3) is 0 Å². The minimum absolute atomic E-state index is 0.0903. The first kappa shape index (κ1) is 19.5. The molecule has 1 heterocycles. The Labute approximate surface area is 160 Å². The van der Waals surface area contributed by atoms with E-state index in [-0.39, 0.29) is 11.7 Å². The molecule has 0 spiro atoms. The molecule has 0 bridgehead atoms. The first-order chi connectivity index (χ1) is 12.9. The number of aliphatic hydroxyl groups excluding tert-OH is 1. The Morgan fingerprint density at radius 1 is 1.15 bits per heavy atom. The predicted octanol–water partition coefficient (Wildman–Crippen LogP) is 3.29. The molecule has 3 rings (SSSR count). The fourth-order valence-electron chi connectivity index (χ4n) is 3.85. The van der Waals surface area contributed by atoms with Crippen LogP contribution in [-0.4, -0.2) is 35.5 Å². The average molecular weight is 370 g/mol. The number of likely N-dealkylation sites (tertiary alicyclic amines) is 1. The average Bonchev–Trinajstić information content (AvgIpc) is 2.64. The number of rotatable bonds is 5. The van der Waals surface area contributed by atoms with Crippen LogP contribution in [0.4, 0.5) is 4.39 Å². The van der Waals surface area contributed by atoms with Crippen LogP contribution in [0.25, 0.3) is 0 Å². The zero-order valence-corrected chi connectivity index (χ0v) is 15.9. The molecule has 1 saturated heterocycles. The fraction of sp³-hybridized carbons (Fsp3) is 0.409. The van der Waals surface area contributed by atoms with Crippen LogP contribution >= 0.6 is 0 Å². The lowest BCUT2D eigenvalue weighted by molar-refractivity contribution is -0.121. The molecule has 2 aromatic rings. The normalized spacial score (nSPS) is 18.1. The maximum absolute atomic E-state index is 13.3. The molecule has 0 radical (unpaired) electrons. The molecule has 27 heavy (non-hydrogen) atoms. The molecule has 0 aliphatic carbocycles. The van der Waals surface area contributed by atoms with E-state index in [1.807, 2.05) is 31.2 Å². The summed E-state index contributed by atoms with van der Waals surface area (Å²) >= 11 is 0. The van der Waals surface area contributed by atoms with Gasteiger partial charge in [-0.25, -0.2) is 4.39 Å². The number of carbonyl (C=O) groups excluding carboxylic acids is 1. The van der Waals surface area contributed by atoms with E-state index in [1.165, 1.54) is 24.6 Å². The van der Waals surface area contributed by atoms with Gasteiger partial charge >= 0.3 is 0 Å². The van der Waals surface area contributed by atoms with Crippen LogP contribution in [0.15, 0.2) is 48.5 Å². The first-order valence-electron chi connectivity index (χ1n) is 9.40. The minimum Gasteiger partial charge on any atom is -0.387 e. The van der Waals surface area contributed by atoms with Crippen LogP contribution in [0.5, 0.6) is 0 Å². The fourth-order valence-corrected chi connectivity index (χ4v) is 3.85. The van der Waals surface area contributed by atoms with Gasteiger partial charge in [-0.15, -0.1) is 0 Å². The second kappa shape index (κ2) is 8.19. The Balaban J connectivity index is 1.67. The van der Waals surface area contributed by atoms with Crippen molar-refractivity contribution in [3.05, 3.63) is 71.0 Å². The van der Waals surface area contributed by atoms with Crippen molar-refractivity contribution in [2.75, 3.05) is 19.6 Å². The molecule has 2 aromatic carbocycles. The maximum atomic E-state index is 13.3. The highest BCUT2D eigenvalue weighted by Crippen LogP contribution is 2.34. The van der Waals surface area contributed by atoms with Gasteiger partial charge in [0.15, 0.2) is 0 Å². The van der Waals surface area contributed by atoms with Crippen LogP contribution in [0, 0.1) is 12.7 Å². The summed E-state index contributed by atoms with van der Waals surface area (Å²) in [6.07, 6.45) is 0.905. The zero-order valence-electron chi connectivity index (χ0n) is 15.9. The van der Waals surface area contributed by atoms with E-state index in [0.717, 1.165) is 37.1 Å². The number of aryl methyl sites for hydroxylation is 1. The van der Waals surface area contributed by atoms with E-state index in [2.05, 4.69) is 10.2 Å². The highest BCUT2D eigenvalue weighted by molar-refractivity contribution is 5.74. The Kier molecular flexibility index (Phi) is 5.92. The van der Waals surface area contributed by atoms with E-state index in [1.54, 1.807) is 12.1 Å². The van der Waals surface area contributed by atoms with Gasteiger partial charge in [0.1, 0.15) is 5.82 Å². The largest absolute Gasteiger partial charge is 0.387 e. The topological polar surface area (TPSA) is 52.6 Å². The van der Waals surface area contributed by atoms with Crippen LogP contribution in [0.1, 0.15) is 42.6 Å². The Hall–Kier alpha value is -2.24. The number of nitrogens with zero attached hydrogens (tertiary/aromatic N) is 1. The Morgan fingerprint density at radius 2 is 1.74 bits per heavy atom. The number of hydrogen-bond acceptors (Lipinski definition) is 3. The smallest absolute Gasteiger partial charge is 0.217 e. The lowest BCUT2D eigenvalue weighted by Gasteiger charge is -2.43. The zero-order chi connectivity index (χ0) is 19.4. The van der Waals surface area contributed by atoms with E-state index in [0.29, 0.717) is 6.54 Å². The van der Waals surface area contributed by atoms with Gasteiger partial charge in [-0.3, -0.25) is 4.79 Å². The Morgan fingerprint density at radius 3 is 2.30 bits per heavy atom. The van der Waals surface area contributed by atoms with Gasteiger partial charge in [0.2, 0.25) is 5.91 Å². The van der Waals surface area contributed by atoms with E-state index < -0.39 is 11.6 Å². The SMILES string of the molecule is CC(=O)NC1(c2ccc(F)cc2)CCN(CC(O)c2ccc(C)cc2)CC1. The van der Waals surface area contributed by atoms with Crippen molar-refractivity contribution in [2.24, 2.45) is 0 Å².